The molecule has 0 radical (unpaired) electrons. The van der Waals surface area contributed by atoms with Gasteiger partial charge in [0, 0.05) is 6.54 Å². The summed E-state index contributed by atoms with van der Waals surface area (Å²) in [5.41, 5.74) is 1.91. The molecule has 0 heterocycles. The molecule has 29 heavy (non-hydrogen) atoms. The maximum atomic E-state index is 12.7. The highest BCUT2D eigenvalue weighted by molar-refractivity contribution is 7.89. The van der Waals surface area contributed by atoms with Crippen molar-refractivity contribution in [2.24, 2.45) is 0 Å². The summed E-state index contributed by atoms with van der Waals surface area (Å²) in [7, 11) is -3.77. The third kappa shape index (κ3) is 5.88. The van der Waals surface area contributed by atoms with Gasteiger partial charge in [-0.1, -0.05) is 66.2 Å². The number of aryl methyl sites for hydroxylation is 1. The minimum atomic E-state index is -3.77. The standard InChI is InChI=1S/C23H21NO4S/c1-18-12-14-22(15-13-18)29(26,27)24-17-20(16-19-8-4-2-5-9-19)23(25)28-21-10-6-3-7-11-21/h2-16,24H,17H2,1H3/b20-16+. The molecule has 0 bridgehead atoms. The first-order chi connectivity index (χ1) is 13.9. The number of nitrogens with one attached hydrogen (secondary N) is 1. The van der Waals surface area contributed by atoms with Gasteiger partial charge in [0.1, 0.15) is 5.75 Å². The molecule has 0 aromatic heterocycles. The van der Waals surface area contributed by atoms with Crippen LogP contribution in [0.2, 0.25) is 0 Å². The molecule has 0 atom stereocenters. The third-order valence-electron chi connectivity index (χ3n) is 4.14. The van der Waals surface area contributed by atoms with Crippen LogP contribution in [-0.2, 0) is 14.8 Å². The first kappa shape index (κ1) is 20.5. The molecule has 0 fully saturated rings. The summed E-state index contributed by atoms with van der Waals surface area (Å²) in [5.74, 6) is -0.232. The van der Waals surface area contributed by atoms with Gasteiger partial charge in [-0.3, -0.25) is 0 Å². The Morgan fingerprint density at radius 3 is 2.10 bits per heavy atom. The first-order valence-electron chi connectivity index (χ1n) is 9.03. The minimum absolute atomic E-state index is 0.138. The lowest BCUT2D eigenvalue weighted by molar-refractivity contribution is -0.130. The molecule has 0 unspecified atom stereocenters. The van der Waals surface area contributed by atoms with Crippen LogP contribution in [0.25, 0.3) is 6.08 Å². The van der Waals surface area contributed by atoms with Crippen molar-refractivity contribution in [3.63, 3.8) is 0 Å². The van der Waals surface area contributed by atoms with Crippen LogP contribution in [-0.4, -0.2) is 20.9 Å². The Morgan fingerprint density at radius 1 is 0.897 bits per heavy atom. The lowest BCUT2D eigenvalue weighted by Crippen LogP contribution is -2.29. The number of para-hydroxylation sites is 1. The van der Waals surface area contributed by atoms with E-state index in [4.69, 9.17) is 4.74 Å². The molecule has 0 saturated carbocycles. The third-order valence-corrected chi connectivity index (χ3v) is 5.56. The van der Waals surface area contributed by atoms with Crippen LogP contribution in [0.1, 0.15) is 11.1 Å². The zero-order valence-electron chi connectivity index (χ0n) is 15.9. The molecule has 0 amide bonds. The molecule has 0 saturated heterocycles. The predicted octanol–water partition coefficient (Wildman–Crippen LogP) is 3.96. The lowest BCUT2D eigenvalue weighted by Gasteiger charge is -2.11. The SMILES string of the molecule is Cc1ccc(S(=O)(=O)NC/C(=C\c2ccccc2)C(=O)Oc2ccccc2)cc1. The number of rotatable bonds is 7. The van der Waals surface area contributed by atoms with Crippen LogP contribution in [0.15, 0.2) is 95.4 Å². The molecule has 0 spiro atoms. The fraction of sp³-hybridized carbons (Fsp3) is 0.0870. The average Bonchev–Trinajstić information content (AvgIpc) is 2.73. The van der Waals surface area contributed by atoms with Crippen molar-refractivity contribution in [1.29, 1.82) is 0 Å². The number of hydrogen-bond acceptors (Lipinski definition) is 4. The number of carbonyl (C=O) groups is 1. The Bertz CT molecular complexity index is 1090. The Morgan fingerprint density at radius 2 is 1.48 bits per heavy atom. The molecule has 5 nitrogen and oxygen atoms in total. The number of sulfonamides is 1. The summed E-state index contributed by atoms with van der Waals surface area (Å²) in [6.07, 6.45) is 1.61. The highest BCUT2D eigenvalue weighted by Crippen LogP contribution is 2.15. The van der Waals surface area contributed by atoms with E-state index in [0.717, 1.165) is 11.1 Å². The van der Waals surface area contributed by atoms with Crippen molar-refractivity contribution in [2.45, 2.75) is 11.8 Å². The molecule has 1 N–H and O–H groups in total. The van der Waals surface area contributed by atoms with E-state index in [-0.39, 0.29) is 17.0 Å². The number of hydrogen-bond donors (Lipinski definition) is 1. The summed E-state index contributed by atoms with van der Waals surface area (Å²) < 4.78 is 33.1. The van der Waals surface area contributed by atoms with E-state index < -0.39 is 16.0 Å². The first-order valence-corrected chi connectivity index (χ1v) is 10.5. The Hall–Kier alpha value is -3.22. The second-order valence-corrected chi connectivity index (χ2v) is 8.19. The Balaban J connectivity index is 1.82. The number of esters is 1. The minimum Gasteiger partial charge on any atom is -0.423 e. The van der Waals surface area contributed by atoms with E-state index in [9.17, 15) is 13.2 Å². The topological polar surface area (TPSA) is 72.5 Å². The smallest absolute Gasteiger partial charge is 0.340 e. The molecule has 0 aliphatic heterocycles. The summed E-state index contributed by atoms with van der Waals surface area (Å²) in [5, 5.41) is 0. The van der Waals surface area contributed by atoms with Crippen molar-refractivity contribution in [3.05, 3.63) is 102 Å². The van der Waals surface area contributed by atoms with Crippen molar-refractivity contribution >= 4 is 22.1 Å². The van der Waals surface area contributed by atoms with E-state index in [1.807, 2.05) is 43.3 Å². The van der Waals surface area contributed by atoms with Gasteiger partial charge in [0.15, 0.2) is 0 Å². The largest absolute Gasteiger partial charge is 0.423 e. The van der Waals surface area contributed by atoms with Crippen LogP contribution >= 0.6 is 0 Å². The molecule has 3 rings (SSSR count). The van der Waals surface area contributed by atoms with E-state index in [0.29, 0.717) is 5.75 Å². The van der Waals surface area contributed by atoms with Crippen molar-refractivity contribution in [3.8, 4) is 5.75 Å². The maximum absolute atomic E-state index is 12.7. The molecular weight excluding hydrogens is 386 g/mol. The van der Waals surface area contributed by atoms with Gasteiger partial charge in [-0.2, -0.15) is 0 Å². The number of ether oxygens (including phenoxy) is 1. The van der Waals surface area contributed by atoms with Gasteiger partial charge in [0.05, 0.1) is 10.5 Å². The summed E-state index contributed by atoms with van der Waals surface area (Å²) >= 11 is 0. The normalized spacial score (nSPS) is 11.8. The van der Waals surface area contributed by atoms with Crippen LogP contribution in [0.4, 0.5) is 0 Å². The summed E-state index contributed by atoms with van der Waals surface area (Å²) in [6, 6.07) is 24.3. The van der Waals surface area contributed by atoms with Crippen LogP contribution < -0.4 is 9.46 Å². The highest BCUT2D eigenvalue weighted by atomic mass is 32.2. The average molecular weight is 407 g/mol. The second-order valence-electron chi connectivity index (χ2n) is 6.42. The van der Waals surface area contributed by atoms with Crippen LogP contribution in [0.5, 0.6) is 5.75 Å². The van der Waals surface area contributed by atoms with Gasteiger partial charge in [0.2, 0.25) is 10.0 Å². The summed E-state index contributed by atoms with van der Waals surface area (Å²) in [4.78, 5) is 12.8. The van der Waals surface area contributed by atoms with Gasteiger partial charge in [-0.25, -0.2) is 17.9 Å². The maximum Gasteiger partial charge on any atom is 0.340 e. The molecule has 3 aromatic carbocycles. The lowest BCUT2D eigenvalue weighted by atomic mass is 10.1. The van der Waals surface area contributed by atoms with Gasteiger partial charge in [-0.05, 0) is 42.8 Å². The van der Waals surface area contributed by atoms with Gasteiger partial charge in [0.25, 0.3) is 0 Å². The quantitative estimate of drug-likeness (QED) is 0.366. The monoisotopic (exact) mass is 407 g/mol. The molecule has 0 aliphatic carbocycles. The van der Waals surface area contributed by atoms with E-state index >= 15 is 0 Å². The van der Waals surface area contributed by atoms with Crippen molar-refractivity contribution < 1.29 is 17.9 Å². The highest BCUT2D eigenvalue weighted by Gasteiger charge is 2.18. The van der Waals surface area contributed by atoms with Crippen molar-refractivity contribution in [2.75, 3.05) is 6.54 Å². The van der Waals surface area contributed by atoms with Crippen LogP contribution in [0, 0.1) is 6.92 Å². The van der Waals surface area contributed by atoms with E-state index in [1.165, 1.54) is 12.1 Å². The van der Waals surface area contributed by atoms with Gasteiger partial charge in [-0.15, -0.1) is 0 Å². The zero-order chi connectivity index (χ0) is 20.7. The fourth-order valence-corrected chi connectivity index (χ4v) is 3.57. The van der Waals surface area contributed by atoms with Crippen molar-refractivity contribution in [1.82, 2.24) is 4.72 Å². The molecule has 3 aromatic rings. The Labute approximate surface area is 170 Å². The molecule has 0 aliphatic rings. The number of carbonyl (C=O) groups excluding carboxylic acids is 1. The predicted molar refractivity (Wildman–Crippen MR) is 113 cm³/mol. The zero-order valence-corrected chi connectivity index (χ0v) is 16.7. The van der Waals surface area contributed by atoms with Gasteiger partial charge < -0.3 is 4.74 Å². The fourth-order valence-electron chi connectivity index (χ4n) is 2.57. The Kier molecular flexibility index (Phi) is 6.59. The van der Waals surface area contributed by atoms with Gasteiger partial charge >= 0.3 is 5.97 Å². The van der Waals surface area contributed by atoms with E-state index in [2.05, 4.69) is 4.72 Å². The summed E-state index contributed by atoms with van der Waals surface area (Å²) in [6.45, 7) is 1.68. The molecule has 6 heteroatoms. The number of benzene rings is 3. The van der Waals surface area contributed by atoms with Crippen LogP contribution in [0.3, 0.4) is 0 Å². The molecule has 148 valence electrons. The molecular formula is C23H21NO4S. The van der Waals surface area contributed by atoms with E-state index in [1.54, 1.807) is 42.5 Å². The second kappa shape index (κ2) is 9.32.